The summed E-state index contributed by atoms with van der Waals surface area (Å²) in [6.07, 6.45) is 0.757. The quantitative estimate of drug-likeness (QED) is 0.198. The fraction of sp³-hybridized carbons (Fsp3) is 0.333. The molecule has 0 bridgehead atoms. The summed E-state index contributed by atoms with van der Waals surface area (Å²) in [7, 11) is 0. The van der Waals surface area contributed by atoms with E-state index in [0.29, 0.717) is 45.3 Å². The number of thioether (sulfide) groups is 1. The molecule has 0 radical (unpaired) electrons. The number of Topliss-reactive ketones (excluding diaryl/α,β-unsaturated/α-hetero) is 1. The Morgan fingerprint density at radius 3 is 2.72 bits per heavy atom. The smallest absolute Gasteiger partial charge is 0.336 e. The molecule has 4 rings (SSSR count). The van der Waals surface area contributed by atoms with Gasteiger partial charge in [0.15, 0.2) is 5.78 Å². The van der Waals surface area contributed by atoms with E-state index in [1.54, 1.807) is 30.8 Å². The van der Waals surface area contributed by atoms with Gasteiger partial charge in [-0.05, 0) is 42.2 Å². The molecule has 9 heteroatoms. The van der Waals surface area contributed by atoms with E-state index in [1.807, 2.05) is 31.2 Å². The van der Waals surface area contributed by atoms with Crippen LogP contribution >= 0.6 is 23.4 Å². The summed E-state index contributed by atoms with van der Waals surface area (Å²) < 4.78 is 5.56. The summed E-state index contributed by atoms with van der Waals surface area (Å²) in [5.41, 5.74) is 3.36. The first-order valence-corrected chi connectivity index (χ1v) is 13.3. The molecular weight excluding hydrogens is 500 g/mol. The molecule has 1 aliphatic heterocycles. The lowest BCUT2D eigenvalue weighted by atomic mass is 9.71. The second-order valence-corrected chi connectivity index (χ2v) is 10.5. The van der Waals surface area contributed by atoms with Crippen molar-refractivity contribution in [1.82, 2.24) is 5.32 Å². The number of benzene rings is 2. The lowest BCUT2D eigenvalue weighted by molar-refractivity contribution is -0.384. The summed E-state index contributed by atoms with van der Waals surface area (Å²) >= 11 is 8.09. The average molecular weight is 527 g/mol. The first-order chi connectivity index (χ1) is 17.3. The van der Waals surface area contributed by atoms with E-state index in [0.717, 1.165) is 11.3 Å². The van der Waals surface area contributed by atoms with Crippen molar-refractivity contribution < 1.29 is 19.2 Å². The SMILES string of the molecule is CCSCCOC(=O)C1=C(C)NC2=C(C(=O)C[C@@H](c3ccccc3Cl)C2)[C@@H]1c1cccc([N+](=O)[O-])c1. The molecule has 7 nitrogen and oxygen atoms in total. The molecule has 0 aromatic heterocycles. The number of nitro groups is 1. The van der Waals surface area contributed by atoms with E-state index < -0.39 is 16.8 Å². The summed E-state index contributed by atoms with van der Waals surface area (Å²) in [5, 5.41) is 15.4. The highest BCUT2D eigenvalue weighted by Crippen LogP contribution is 2.46. The maximum Gasteiger partial charge on any atom is 0.336 e. The van der Waals surface area contributed by atoms with Crippen LogP contribution in [0.3, 0.4) is 0 Å². The van der Waals surface area contributed by atoms with Crippen molar-refractivity contribution in [3.8, 4) is 0 Å². The lowest BCUT2D eigenvalue weighted by Gasteiger charge is -2.36. The van der Waals surface area contributed by atoms with Crippen LogP contribution in [0.15, 0.2) is 71.1 Å². The van der Waals surface area contributed by atoms with E-state index in [1.165, 1.54) is 12.1 Å². The zero-order chi connectivity index (χ0) is 25.8. The van der Waals surface area contributed by atoms with Gasteiger partial charge in [0.2, 0.25) is 0 Å². The van der Waals surface area contributed by atoms with Crippen LogP contribution < -0.4 is 5.32 Å². The molecule has 0 spiro atoms. The minimum Gasteiger partial charge on any atom is -0.461 e. The molecular formula is C27H27ClN2O5S. The molecule has 1 heterocycles. The van der Waals surface area contributed by atoms with Gasteiger partial charge in [-0.2, -0.15) is 11.8 Å². The van der Waals surface area contributed by atoms with Crippen LogP contribution in [0.25, 0.3) is 0 Å². The lowest BCUT2D eigenvalue weighted by Crippen LogP contribution is -2.36. The highest BCUT2D eigenvalue weighted by Gasteiger charge is 2.42. The van der Waals surface area contributed by atoms with Gasteiger partial charge < -0.3 is 10.1 Å². The van der Waals surface area contributed by atoms with Gasteiger partial charge in [0.05, 0.1) is 10.5 Å². The number of dihydropyridines is 1. The Hall–Kier alpha value is -3.10. The number of hydrogen-bond acceptors (Lipinski definition) is 7. The fourth-order valence-electron chi connectivity index (χ4n) is 4.90. The highest BCUT2D eigenvalue weighted by molar-refractivity contribution is 7.99. The summed E-state index contributed by atoms with van der Waals surface area (Å²) in [4.78, 5) is 37.9. The highest BCUT2D eigenvalue weighted by atomic mass is 35.5. The molecule has 2 atom stereocenters. The van der Waals surface area contributed by atoms with Gasteiger partial charge in [0, 0.05) is 52.2 Å². The molecule has 0 unspecified atom stereocenters. The fourth-order valence-corrected chi connectivity index (χ4v) is 5.68. The van der Waals surface area contributed by atoms with Gasteiger partial charge in [-0.25, -0.2) is 4.79 Å². The minimum atomic E-state index is -0.757. The van der Waals surface area contributed by atoms with Gasteiger partial charge >= 0.3 is 5.97 Å². The standard InChI is InChI=1S/C27H27ClN2O5S/c1-3-36-12-11-35-27(32)24-16(2)29-22-14-18(20-9-4-5-10-21(20)28)15-23(31)26(22)25(24)17-7-6-8-19(13-17)30(33)34/h4-10,13,18,25,29H,3,11-12,14-15H2,1-2H3/t18-,25+/m0/s1. The first-order valence-electron chi connectivity index (χ1n) is 11.8. The van der Waals surface area contributed by atoms with E-state index in [2.05, 4.69) is 5.32 Å². The number of nitrogens with zero attached hydrogens (tertiary/aromatic N) is 1. The van der Waals surface area contributed by atoms with E-state index >= 15 is 0 Å². The van der Waals surface area contributed by atoms with Crippen molar-refractivity contribution in [1.29, 1.82) is 0 Å². The predicted molar refractivity (Wildman–Crippen MR) is 141 cm³/mol. The second-order valence-electron chi connectivity index (χ2n) is 8.72. The molecule has 188 valence electrons. The van der Waals surface area contributed by atoms with Gasteiger partial charge in [-0.1, -0.05) is 48.9 Å². The Morgan fingerprint density at radius 1 is 1.22 bits per heavy atom. The van der Waals surface area contributed by atoms with Crippen LogP contribution in [0, 0.1) is 10.1 Å². The number of halogens is 1. The average Bonchev–Trinajstić information content (AvgIpc) is 2.86. The molecule has 0 fully saturated rings. The molecule has 2 aromatic rings. The molecule has 1 N–H and O–H groups in total. The van der Waals surface area contributed by atoms with E-state index in [4.69, 9.17) is 16.3 Å². The van der Waals surface area contributed by atoms with Crippen molar-refractivity contribution in [3.63, 3.8) is 0 Å². The normalized spacial score (nSPS) is 19.6. The number of nitrogens with one attached hydrogen (secondary N) is 1. The monoisotopic (exact) mass is 526 g/mol. The first kappa shape index (κ1) is 26.0. The number of esters is 1. The van der Waals surface area contributed by atoms with Crippen LogP contribution in [0.2, 0.25) is 5.02 Å². The third kappa shape index (κ3) is 5.34. The largest absolute Gasteiger partial charge is 0.461 e. The maximum atomic E-state index is 13.6. The number of carbonyl (C=O) groups excluding carboxylic acids is 2. The second kappa shape index (κ2) is 11.3. The zero-order valence-corrected chi connectivity index (χ0v) is 21.7. The predicted octanol–water partition coefficient (Wildman–Crippen LogP) is 5.91. The van der Waals surface area contributed by atoms with Crippen molar-refractivity contribution >= 4 is 40.8 Å². The van der Waals surface area contributed by atoms with Crippen molar-refractivity contribution in [2.24, 2.45) is 0 Å². The van der Waals surface area contributed by atoms with Crippen LogP contribution in [0.4, 0.5) is 5.69 Å². The molecule has 0 amide bonds. The van der Waals surface area contributed by atoms with Gasteiger partial charge in [0.1, 0.15) is 6.61 Å². The zero-order valence-electron chi connectivity index (χ0n) is 20.1. The Bertz CT molecular complexity index is 1270. The number of carbonyl (C=O) groups is 2. The number of ether oxygens (including phenoxy) is 1. The molecule has 0 saturated heterocycles. The summed E-state index contributed by atoms with van der Waals surface area (Å²) in [6, 6.07) is 13.6. The van der Waals surface area contributed by atoms with Crippen molar-refractivity contribution in [3.05, 3.63) is 97.3 Å². The Labute approximate surface area is 219 Å². The number of allylic oxidation sites excluding steroid dienone is 3. The topological polar surface area (TPSA) is 98.5 Å². The van der Waals surface area contributed by atoms with Crippen LogP contribution in [-0.2, 0) is 14.3 Å². The van der Waals surface area contributed by atoms with Crippen LogP contribution in [0.1, 0.15) is 49.7 Å². The molecule has 0 saturated carbocycles. The maximum absolute atomic E-state index is 13.6. The number of non-ortho nitro benzene ring substituents is 1. The Morgan fingerprint density at radius 2 is 2.00 bits per heavy atom. The van der Waals surface area contributed by atoms with Crippen LogP contribution in [0.5, 0.6) is 0 Å². The van der Waals surface area contributed by atoms with Crippen molar-refractivity contribution in [2.75, 3.05) is 18.1 Å². The molecule has 36 heavy (non-hydrogen) atoms. The number of nitro benzene ring substituents is 1. The Balaban J connectivity index is 1.76. The summed E-state index contributed by atoms with van der Waals surface area (Å²) in [5.74, 6) is 0.0534. The number of ketones is 1. The van der Waals surface area contributed by atoms with E-state index in [-0.39, 0.29) is 30.4 Å². The van der Waals surface area contributed by atoms with Crippen LogP contribution in [-0.4, -0.2) is 34.8 Å². The van der Waals surface area contributed by atoms with Gasteiger partial charge in [0.25, 0.3) is 5.69 Å². The number of hydrogen-bond donors (Lipinski definition) is 1. The number of rotatable bonds is 8. The molecule has 2 aliphatic rings. The third-order valence-electron chi connectivity index (χ3n) is 6.47. The van der Waals surface area contributed by atoms with Crippen molar-refractivity contribution in [2.45, 2.75) is 38.5 Å². The minimum absolute atomic E-state index is 0.102. The third-order valence-corrected chi connectivity index (χ3v) is 7.68. The molecule has 1 aliphatic carbocycles. The van der Waals surface area contributed by atoms with E-state index in [9.17, 15) is 19.7 Å². The summed E-state index contributed by atoms with van der Waals surface area (Å²) in [6.45, 7) is 4.04. The van der Waals surface area contributed by atoms with Gasteiger partial charge in [-0.15, -0.1) is 0 Å². The molecule has 2 aromatic carbocycles. The van der Waals surface area contributed by atoms with Gasteiger partial charge in [-0.3, -0.25) is 14.9 Å². The Kier molecular flexibility index (Phi) is 8.16.